The summed E-state index contributed by atoms with van der Waals surface area (Å²) in [6.07, 6.45) is 3.23. The molecule has 0 saturated carbocycles. The van der Waals surface area contributed by atoms with Crippen LogP contribution in [0.5, 0.6) is 5.75 Å². The van der Waals surface area contributed by atoms with Crippen LogP contribution in [0.15, 0.2) is 54.6 Å². The Morgan fingerprint density at radius 1 is 1.10 bits per heavy atom. The van der Waals surface area contributed by atoms with Gasteiger partial charge in [-0.3, -0.25) is 4.79 Å². The Bertz CT molecular complexity index is 601. The molecule has 1 amide bonds. The Balaban J connectivity index is 1.96. The van der Waals surface area contributed by atoms with Gasteiger partial charge in [0.1, 0.15) is 5.75 Å². The Labute approximate surface area is 117 Å². The highest BCUT2D eigenvalue weighted by molar-refractivity contribution is 6.01. The molecule has 4 heteroatoms. The molecule has 0 aromatic heterocycles. The van der Waals surface area contributed by atoms with Gasteiger partial charge in [0.25, 0.3) is 0 Å². The van der Waals surface area contributed by atoms with Crippen molar-refractivity contribution in [3.05, 3.63) is 60.2 Å². The largest absolute Gasteiger partial charge is 0.497 e. The van der Waals surface area contributed by atoms with Crippen molar-refractivity contribution in [3.8, 4) is 5.75 Å². The fraction of sp³-hybridized carbons (Fsp3) is 0.0625. The van der Waals surface area contributed by atoms with Crippen LogP contribution in [0.1, 0.15) is 5.56 Å². The summed E-state index contributed by atoms with van der Waals surface area (Å²) in [6, 6.07) is 14.4. The van der Waals surface area contributed by atoms with Gasteiger partial charge in [0.05, 0.1) is 7.11 Å². The Morgan fingerprint density at radius 3 is 2.35 bits per heavy atom. The third kappa shape index (κ3) is 3.88. The normalized spacial score (nSPS) is 10.4. The average molecular weight is 268 g/mol. The van der Waals surface area contributed by atoms with Gasteiger partial charge >= 0.3 is 0 Å². The summed E-state index contributed by atoms with van der Waals surface area (Å²) in [6.45, 7) is 0. The van der Waals surface area contributed by atoms with Gasteiger partial charge in [-0.2, -0.15) is 0 Å². The minimum Gasteiger partial charge on any atom is -0.497 e. The maximum absolute atomic E-state index is 11.7. The first-order chi connectivity index (χ1) is 9.67. The number of nitrogen functional groups attached to an aromatic ring is 1. The van der Waals surface area contributed by atoms with Crippen LogP contribution in [0.25, 0.3) is 6.08 Å². The SMILES string of the molecule is COc1ccc(C=CC(=O)Nc2ccc(N)cc2)cc1. The zero-order chi connectivity index (χ0) is 14.4. The molecule has 0 aliphatic rings. The second kappa shape index (κ2) is 6.43. The van der Waals surface area contributed by atoms with E-state index in [2.05, 4.69) is 5.32 Å². The van der Waals surface area contributed by atoms with Crippen molar-refractivity contribution in [1.29, 1.82) is 0 Å². The van der Waals surface area contributed by atoms with Crippen molar-refractivity contribution in [1.82, 2.24) is 0 Å². The number of anilines is 2. The van der Waals surface area contributed by atoms with Crippen LogP contribution in [-0.4, -0.2) is 13.0 Å². The summed E-state index contributed by atoms with van der Waals surface area (Å²) in [5.74, 6) is 0.596. The fourth-order valence-corrected chi connectivity index (χ4v) is 1.64. The summed E-state index contributed by atoms with van der Waals surface area (Å²) in [4.78, 5) is 11.7. The lowest BCUT2D eigenvalue weighted by molar-refractivity contribution is -0.111. The molecule has 0 saturated heterocycles. The molecule has 0 heterocycles. The maximum Gasteiger partial charge on any atom is 0.248 e. The molecular formula is C16H16N2O2. The molecule has 4 nitrogen and oxygen atoms in total. The number of carbonyl (C=O) groups is 1. The molecule has 3 N–H and O–H groups in total. The van der Waals surface area contributed by atoms with Crippen LogP contribution in [-0.2, 0) is 4.79 Å². The average Bonchev–Trinajstić information content (AvgIpc) is 2.48. The number of amides is 1. The van der Waals surface area contributed by atoms with Gasteiger partial charge in [-0.15, -0.1) is 0 Å². The van der Waals surface area contributed by atoms with E-state index >= 15 is 0 Å². The summed E-state index contributed by atoms with van der Waals surface area (Å²) in [5.41, 5.74) is 7.88. The summed E-state index contributed by atoms with van der Waals surface area (Å²) in [7, 11) is 1.62. The summed E-state index contributed by atoms with van der Waals surface area (Å²) < 4.78 is 5.07. The smallest absolute Gasteiger partial charge is 0.248 e. The van der Waals surface area contributed by atoms with Gasteiger partial charge in [-0.25, -0.2) is 0 Å². The van der Waals surface area contributed by atoms with Gasteiger partial charge in [-0.05, 0) is 48.0 Å². The molecule has 2 aromatic rings. The van der Waals surface area contributed by atoms with Crippen LogP contribution in [0, 0.1) is 0 Å². The molecule has 2 aromatic carbocycles. The van der Waals surface area contributed by atoms with E-state index in [9.17, 15) is 4.79 Å². The fourth-order valence-electron chi connectivity index (χ4n) is 1.64. The highest BCUT2D eigenvalue weighted by Crippen LogP contribution is 2.13. The van der Waals surface area contributed by atoms with Gasteiger partial charge in [0, 0.05) is 17.5 Å². The van der Waals surface area contributed by atoms with E-state index in [1.165, 1.54) is 6.08 Å². The first-order valence-electron chi connectivity index (χ1n) is 6.16. The Kier molecular flexibility index (Phi) is 4.39. The monoisotopic (exact) mass is 268 g/mol. The molecule has 2 rings (SSSR count). The summed E-state index contributed by atoms with van der Waals surface area (Å²) >= 11 is 0. The highest BCUT2D eigenvalue weighted by Gasteiger charge is 1.97. The topological polar surface area (TPSA) is 64.3 Å². The standard InChI is InChI=1S/C16H16N2O2/c1-20-15-9-2-12(3-10-15)4-11-16(19)18-14-7-5-13(17)6-8-14/h2-11H,17H2,1H3,(H,18,19). The number of hydrogen-bond donors (Lipinski definition) is 2. The van der Waals surface area contributed by atoms with E-state index in [0.717, 1.165) is 11.3 Å². The van der Waals surface area contributed by atoms with E-state index in [4.69, 9.17) is 10.5 Å². The Hall–Kier alpha value is -2.75. The van der Waals surface area contributed by atoms with Crippen molar-refractivity contribution in [2.24, 2.45) is 0 Å². The number of methoxy groups -OCH3 is 1. The molecular weight excluding hydrogens is 252 g/mol. The molecule has 0 unspecified atom stereocenters. The van der Waals surface area contributed by atoms with Crippen LogP contribution in [0.3, 0.4) is 0 Å². The Morgan fingerprint density at radius 2 is 1.75 bits per heavy atom. The first-order valence-corrected chi connectivity index (χ1v) is 6.16. The minimum atomic E-state index is -0.189. The zero-order valence-corrected chi connectivity index (χ0v) is 11.2. The van der Waals surface area contributed by atoms with Crippen molar-refractivity contribution >= 4 is 23.4 Å². The number of hydrogen-bond acceptors (Lipinski definition) is 3. The third-order valence-corrected chi connectivity index (χ3v) is 2.72. The maximum atomic E-state index is 11.7. The van der Waals surface area contributed by atoms with Crippen LogP contribution in [0.2, 0.25) is 0 Å². The molecule has 20 heavy (non-hydrogen) atoms. The second-order valence-electron chi connectivity index (χ2n) is 4.22. The molecule has 0 fully saturated rings. The molecule has 0 atom stereocenters. The lowest BCUT2D eigenvalue weighted by Crippen LogP contribution is -2.07. The lowest BCUT2D eigenvalue weighted by atomic mass is 10.2. The van der Waals surface area contributed by atoms with Gasteiger partial charge in [0.15, 0.2) is 0 Å². The van der Waals surface area contributed by atoms with Crippen molar-refractivity contribution in [2.75, 3.05) is 18.2 Å². The molecule has 102 valence electrons. The molecule has 0 bridgehead atoms. The molecule has 0 spiro atoms. The number of ether oxygens (including phenoxy) is 1. The van der Waals surface area contributed by atoms with Crippen molar-refractivity contribution in [3.63, 3.8) is 0 Å². The number of benzene rings is 2. The van der Waals surface area contributed by atoms with Crippen LogP contribution < -0.4 is 15.8 Å². The molecule has 0 aliphatic carbocycles. The predicted molar refractivity (Wildman–Crippen MR) is 81.5 cm³/mol. The van der Waals surface area contributed by atoms with Gasteiger partial charge < -0.3 is 15.8 Å². The summed E-state index contributed by atoms with van der Waals surface area (Å²) in [5, 5.41) is 2.76. The third-order valence-electron chi connectivity index (χ3n) is 2.72. The number of nitrogens with two attached hydrogens (primary N) is 1. The van der Waals surface area contributed by atoms with Crippen LogP contribution in [0.4, 0.5) is 11.4 Å². The van der Waals surface area contributed by atoms with E-state index in [1.807, 2.05) is 24.3 Å². The highest BCUT2D eigenvalue weighted by atomic mass is 16.5. The van der Waals surface area contributed by atoms with Crippen molar-refractivity contribution in [2.45, 2.75) is 0 Å². The van der Waals surface area contributed by atoms with E-state index in [1.54, 1.807) is 37.5 Å². The molecule has 0 aliphatic heterocycles. The quantitative estimate of drug-likeness (QED) is 0.662. The van der Waals surface area contributed by atoms with E-state index < -0.39 is 0 Å². The zero-order valence-electron chi connectivity index (χ0n) is 11.2. The van der Waals surface area contributed by atoms with Gasteiger partial charge in [-0.1, -0.05) is 12.1 Å². The number of nitrogens with one attached hydrogen (secondary N) is 1. The van der Waals surface area contributed by atoms with E-state index in [0.29, 0.717) is 11.4 Å². The van der Waals surface area contributed by atoms with Crippen molar-refractivity contribution < 1.29 is 9.53 Å². The second-order valence-corrected chi connectivity index (χ2v) is 4.22. The minimum absolute atomic E-state index is 0.189. The lowest BCUT2D eigenvalue weighted by Gasteiger charge is -2.02. The van der Waals surface area contributed by atoms with Gasteiger partial charge in [0.2, 0.25) is 5.91 Å². The number of carbonyl (C=O) groups excluding carboxylic acids is 1. The number of rotatable bonds is 4. The van der Waals surface area contributed by atoms with E-state index in [-0.39, 0.29) is 5.91 Å². The predicted octanol–water partition coefficient (Wildman–Crippen LogP) is 2.93. The molecule has 0 radical (unpaired) electrons. The first kappa shape index (κ1) is 13.7. The van der Waals surface area contributed by atoms with Crippen LogP contribution >= 0.6 is 0 Å².